The zero-order valence-electron chi connectivity index (χ0n) is 26.7. The molecule has 0 bridgehead atoms. The third-order valence-corrected chi connectivity index (χ3v) is 8.27. The van der Waals surface area contributed by atoms with Gasteiger partial charge < -0.3 is 14.6 Å². The molecule has 1 heterocycles. The van der Waals surface area contributed by atoms with Crippen molar-refractivity contribution in [2.24, 2.45) is 0 Å². The van der Waals surface area contributed by atoms with Gasteiger partial charge in [0.05, 0.1) is 0 Å². The zero-order chi connectivity index (χ0) is 34.6. The summed E-state index contributed by atoms with van der Waals surface area (Å²) in [6.45, 7) is 4.05. The van der Waals surface area contributed by atoms with E-state index in [-0.39, 0.29) is 24.8 Å². The molecular formula is C38H37F3N4O3. The van der Waals surface area contributed by atoms with E-state index < -0.39 is 34.3 Å². The molecule has 0 aromatic heterocycles. The maximum Gasteiger partial charge on any atom is 0.437 e. The third kappa shape index (κ3) is 7.89. The number of hydrogen-bond donors (Lipinski definition) is 1. The standard InChI is InChI=1S/C38H37F3N4O3/c1-2-3-20-45(21-10-11-22-46)32-18-16-29(35(23-32)47-27-28-12-6-4-7-13-28)17-19-34-33(26-44)36(30(24-42)25-43)48-37(34,38(39,40)41)31-14-8-5-9-15-31/h4-9,12-17,19,23,32,46H,2-3,10-11,18,20-22,27H2,1H3/b19-17+. The Balaban J connectivity index is 1.82. The fourth-order valence-corrected chi connectivity index (χ4v) is 5.80. The zero-order valence-corrected chi connectivity index (χ0v) is 26.7. The van der Waals surface area contributed by atoms with Crippen LogP contribution in [-0.4, -0.2) is 41.9 Å². The van der Waals surface area contributed by atoms with Gasteiger partial charge in [0.2, 0.25) is 0 Å². The van der Waals surface area contributed by atoms with Crippen molar-refractivity contribution in [3.63, 3.8) is 0 Å². The van der Waals surface area contributed by atoms with E-state index in [2.05, 4.69) is 11.8 Å². The van der Waals surface area contributed by atoms with Crippen molar-refractivity contribution < 1.29 is 27.8 Å². The lowest BCUT2D eigenvalue weighted by molar-refractivity contribution is -0.249. The Labute approximate surface area is 279 Å². The molecule has 48 heavy (non-hydrogen) atoms. The molecule has 0 fully saturated rings. The summed E-state index contributed by atoms with van der Waals surface area (Å²) in [6.07, 6.45) is 5.48. The molecule has 2 unspecified atom stereocenters. The van der Waals surface area contributed by atoms with Crippen LogP contribution in [0.1, 0.15) is 50.2 Å². The van der Waals surface area contributed by atoms with Crippen molar-refractivity contribution in [1.29, 1.82) is 15.8 Å². The van der Waals surface area contributed by atoms with Gasteiger partial charge in [-0.3, -0.25) is 4.90 Å². The Morgan fingerprint density at radius 1 is 1.00 bits per heavy atom. The highest BCUT2D eigenvalue weighted by molar-refractivity contribution is 5.63. The monoisotopic (exact) mass is 654 g/mol. The molecule has 2 atom stereocenters. The first-order chi connectivity index (χ1) is 23.2. The number of nitrogens with zero attached hydrogens (tertiary/aromatic N) is 4. The summed E-state index contributed by atoms with van der Waals surface area (Å²) >= 11 is 0. The highest BCUT2D eigenvalue weighted by atomic mass is 19.4. The number of ether oxygens (including phenoxy) is 2. The Morgan fingerprint density at radius 2 is 1.67 bits per heavy atom. The summed E-state index contributed by atoms with van der Waals surface area (Å²) < 4.78 is 57.6. The van der Waals surface area contributed by atoms with Crippen LogP contribution < -0.4 is 0 Å². The first-order valence-corrected chi connectivity index (χ1v) is 15.9. The molecule has 1 aliphatic heterocycles. The molecule has 10 heteroatoms. The smallest absolute Gasteiger partial charge is 0.437 e. The number of allylic oxidation sites excluding steroid dienone is 3. The number of aliphatic hydroxyl groups is 1. The molecule has 248 valence electrons. The Kier molecular flexibility index (Phi) is 12.4. The van der Waals surface area contributed by atoms with Crippen molar-refractivity contribution in [3.05, 3.63) is 130 Å². The summed E-state index contributed by atoms with van der Waals surface area (Å²) in [4.78, 5) is 2.33. The van der Waals surface area contributed by atoms with Gasteiger partial charge in [0, 0.05) is 29.4 Å². The Hall–Kier alpha value is -5.08. The maximum absolute atomic E-state index is 15.3. The second kappa shape index (κ2) is 16.7. The van der Waals surface area contributed by atoms with Crippen molar-refractivity contribution in [1.82, 2.24) is 4.90 Å². The molecule has 1 N–H and O–H groups in total. The maximum atomic E-state index is 15.3. The lowest BCUT2D eigenvalue weighted by Gasteiger charge is -2.33. The first kappa shape index (κ1) is 35.8. The number of nitriles is 3. The van der Waals surface area contributed by atoms with Gasteiger partial charge in [0.25, 0.3) is 5.60 Å². The van der Waals surface area contributed by atoms with E-state index in [4.69, 9.17) is 9.47 Å². The normalized spacial score (nSPS) is 19.3. The van der Waals surface area contributed by atoms with Gasteiger partial charge in [0.1, 0.15) is 36.1 Å². The van der Waals surface area contributed by atoms with Crippen molar-refractivity contribution >= 4 is 0 Å². The average Bonchev–Trinajstić information content (AvgIpc) is 3.45. The largest absolute Gasteiger partial charge is 0.489 e. The Bertz CT molecular complexity index is 1690. The molecular weight excluding hydrogens is 617 g/mol. The van der Waals surface area contributed by atoms with Crippen LogP contribution in [0.25, 0.3) is 0 Å². The van der Waals surface area contributed by atoms with Crippen LogP contribution in [0.15, 0.2) is 119 Å². The highest BCUT2D eigenvalue weighted by Gasteiger charge is 2.65. The number of benzene rings is 2. The third-order valence-electron chi connectivity index (χ3n) is 8.27. The summed E-state index contributed by atoms with van der Waals surface area (Å²) in [5.74, 6) is -0.248. The molecule has 0 amide bonds. The van der Waals surface area contributed by atoms with Gasteiger partial charge in [-0.25, -0.2) is 0 Å². The topological polar surface area (TPSA) is 113 Å². The second-order valence-corrected chi connectivity index (χ2v) is 11.4. The summed E-state index contributed by atoms with van der Waals surface area (Å²) in [7, 11) is 0. The second-order valence-electron chi connectivity index (χ2n) is 11.4. The van der Waals surface area contributed by atoms with Gasteiger partial charge in [-0.2, -0.15) is 29.0 Å². The molecule has 1 aliphatic carbocycles. The van der Waals surface area contributed by atoms with E-state index in [1.165, 1.54) is 36.4 Å². The SMILES string of the molecule is CCCCN(CCCCO)C1C=C(OCc2ccccc2)C(/C=C/C2=C(C#N)C(=C(C#N)C#N)OC2(c2ccccc2)C(F)(F)F)=CC1. The first-order valence-electron chi connectivity index (χ1n) is 15.9. The van der Waals surface area contributed by atoms with Gasteiger partial charge in [0.15, 0.2) is 11.3 Å². The van der Waals surface area contributed by atoms with Crippen LogP contribution in [0.4, 0.5) is 13.2 Å². The van der Waals surface area contributed by atoms with Crippen LogP contribution in [-0.2, 0) is 21.7 Å². The van der Waals surface area contributed by atoms with E-state index in [9.17, 15) is 20.9 Å². The number of rotatable bonds is 14. The highest BCUT2D eigenvalue weighted by Crippen LogP contribution is 2.56. The minimum absolute atomic E-state index is 0.0381. The van der Waals surface area contributed by atoms with Gasteiger partial charge in [-0.15, -0.1) is 0 Å². The molecule has 0 saturated carbocycles. The van der Waals surface area contributed by atoms with Crippen LogP contribution in [0.5, 0.6) is 0 Å². The molecule has 0 spiro atoms. The lowest BCUT2D eigenvalue weighted by atomic mass is 9.83. The molecule has 2 aliphatic rings. The van der Waals surface area contributed by atoms with Crippen LogP contribution in [0, 0.1) is 34.0 Å². The number of hydrogen-bond acceptors (Lipinski definition) is 7. The molecule has 4 rings (SSSR count). The number of halogens is 3. The minimum Gasteiger partial charge on any atom is -0.489 e. The van der Waals surface area contributed by atoms with Crippen molar-refractivity contribution in [2.45, 2.75) is 63.5 Å². The molecule has 2 aromatic carbocycles. The predicted molar refractivity (Wildman–Crippen MR) is 174 cm³/mol. The minimum atomic E-state index is -5.09. The average molecular weight is 655 g/mol. The van der Waals surface area contributed by atoms with Gasteiger partial charge in [-0.1, -0.05) is 92.2 Å². The molecule has 2 aromatic rings. The van der Waals surface area contributed by atoms with Crippen molar-refractivity contribution in [3.8, 4) is 18.2 Å². The quantitative estimate of drug-likeness (QED) is 0.163. The van der Waals surface area contributed by atoms with E-state index in [0.717, 1.165) is 37.9 Å². The van der Waals surface area contributed by atoms with Crippen LogP contribution >= 0.6 is 0 Å². The van der Waals surface area contributed by atoms with Gasteiger partial charge in [-0.05, 0) is 50.4 Å². The molecule has 7 nitrogen and oxygen atoms in total. The van der Waals surface area contributed by atoms with Crippen molar-refractivity contribution in [2.75, 3.05) is 19.7 Å². The lowest BCUT2D eigenvalue weighted by Crippen LogP contribution is -2.43. The number of alkyl halides is 3. The van der Waals surface area contributed by atoms with E-state index >= 15 is 13.2 Å². The summed E-state index contributed by atoms with van der Waals surface area (Å²) in [5, 5.41) is 38.6. The fraction of sp³-hybridized carbons (Fsp3) is 0.342. The van der Waals surface area contributed by atoms with Crippen LogP contribution in [0.2, 0.25) is 0 Å². The number of aliphatic hydroxyl groups excluding tert-OH is 1. The van der Waals surface area contributed by atoms with E-state index in [1.54, 1.807) is 24.3 Å². The summed E-state index contributed by atoms with van der Waals surface area (Å²) in [5.41, 5.74) is -3.87. The Morgan fingerprint density at radius 3 is 2.27 bits per heavy atom. The summed E-state index contributed by atoms with van der Waals surface area (Å²) in [6, 6.07) is 21.2. The number of unbranched alkanes of at least 4 members (excludes halogenated alkanes) is 2. The van der Waals surface area contributed by atoms with E-state index in [0.29, 0.717) is 24.2 Å². The van der Waals surface area contributed by atoms with E-state index in [1.807, 2.05) is 42.5 Å². The molecule has 0 radical (unpaired) electrons. The predicted octanol–water partition coefficient (Wildman–Crippen LogP) is 7.83. The molecule has 0 saturated heterocycles. The van der Waals surface area contributed by atoms with Crippen LogP contribution in [0.3, 0.4) is 0 Å². The van der Waals surface area contributed by atoms with Gasteiger partial charge >= 0.3 is 6.18 Å². The fourth-order valence-electron chi connectivity index (χ4n) is 5.80.